The molecule has 32 heavy (non-hydrogen) atoms. The third kappa shape index (κ3) is 3.10. The Balaban J connectivity index is 1.49. The summed E-state index contributed by atoms with van der Waals surface area (Å²) in [5.41, 5.74) is 5.89. The van der Waals surface area contributed by atoms with Gasteiger partial charge in [-0.3, -0.25) is 4.79 Å². The molecule has 6 rings (SSSR count). The number of para-hydroxylation sites is 1. The lowest BCUT2D eigenvalue weighted by Crippen LogP contribution is -2.40. The Hall–Kier alpha value is -3.21. The normalized spacial score (nSPS) is 15.9. The molecular weight excluding hydrogens is 441 g/mol. The van der Waals surface area contributed by atoms with Crippen molar-refractivity contribution in [3.63, 3.8) is 0 Å². The van der Waals surface area contributed by atoms with Gasteiger partial charge in [0.05, 0.1) is 6.04 Å². The summed E-state index contributed by atoms with van der Waals surface area (Å²) in [5, 5.41) is 3.46. The number of carbonyl (C=O) groups excluding carboxylic acids is 1. The van der Waals surface area contributed by atoms with Crippen LogP contribution in [-0.4, -0.2) is 27.3 Å². The monoisotopic (exact) mass is 459 g/mol. The minimum atomic E-state index is -0.231. The van der Waals surface area contributed by atoms with Crippen LogP contribution in [0.3, 0.4) is 0 Å². The van der Waals surface area contributed by atoms with Crippen LogP contribution in [0.15, 0.2) is 72.8 Å². The number of aromatic amines is 2. The van der Waals surface area contributed by atoms with Crippen molar-refractivity contribution in [1.29, 1.82) is 0 Å². The molecule has 0 fully saturated rings. The van der Waals surface area contributed by atoms with E-state index < -0.39 is 0 Å². The summed E-state index contributed by atoms with van der Waals surface area (Å²) in [5.74, 6) is -0.0402. The molecule has 0 spiro atoms. The first-order chi connectivity index (χ1) is 15.6. The van der Waals surface area contributed by atoms with Gasteiger partial charge in [-0.25, -0.2) is 0 Å². The number of benzene rings is 3. The molecule has 0 aliphatic carbocycles. The number of hydrogen-bond donors (Lipinski definition) is 2. The predicted molar refractivity (Wildman–Crippen MR) is 130 cm³/mol. The Bertz CT molecular complexity index is 1480. The SMILES string of the molecule is O=C(c1cc2cc(Cl)ccc2[nH]1)N1CCc2c([nH]c3ccccc23)C1c1ccc(Cl)cc1. The molecule has 158 valence electrons. The van der Waals surface area contributed by atoms with E-state index in [0.717, 1.165) is 34.1 Å². The van der Waals surface area contributed by atoms with Crippen molar-refractivity contribution in [2.24, 2.45) is 0 Å². The van der Waals surface area contributed by atoms with Crippen LogP contribution < -0.4 is 0 Å². The molecule has 4 nitrogen and oxygen atoms in total. The van der Waals surface area contributed by atoms with Gasteiger partial charge in [-0.2, -0.15) is 0 Å². The topological polar surface area (TPSA) is 51.9 Å². The number of H-pyrrole nitrogens is 2. The first kappa shape index (κ1) is 19.5. The molecule has 2 aromatic heterocycles. The van der Waals surface area contributed by atoms with Crippen molar-refractivity contribution in [3.05, 3.63) is 105 Å². The largest absolute Gasteiger partial charge is 0.356 e. The lowest BCUT2D eigenvalue weighted by atomic mass is 9.92. The molecule has 6 heteroatoms. The lowest BCUT2D eigenvalue weighted by molar-refractivity contribution is 0.0687. The van der Waals surface area contributed by atoms with Crippen molar-refractivity contribution in [2.75, 3.05) is 6.54 Å². The molecule has 5 aromatic rings. The first-order valence-electron chi connectivity index (χ1n) is 10.5. The third-order valence-corrected chi connectivity index (χ3v) is 6.78. The summed E-state index contributed by atoms with van der Waals surface area (Å²) in [7, 11) is 0. The molecule has 1 aliphatic rings. The minimum Gasteiger partial charge on any atom is -0.356 e. The van der Waals surface area contributed by atoms with Crippen LogP contribution in [0, 0.1) is 0 Å². The number of fused-ring (bicyclic) bond motifs is 4. The number of aromatic nitrogens is 2. The number of rotatable bonds is 2. The molecule has 0 saturated carbocycles. The number of hydrogen-bond acceptors (Lipinski definition) is 1. The van der Waals surface area contributed by atoms with Gasteiger partial charge in [0.25, 0.3) is 5.91 Å². The molecule has 3 aromatic carbocycles. The molecular formula is C26H19Cl2N3O. The fourth-order valence-corrected chi connectivity index (χ4v) is 5.13. The van der Waals surface area contributed by atoms with Gasteiger partial charge < -0.3 is 14.9 Å². The maximum atomic E-state index is 13.8. The summed E-state index contributed by atoms with van der Waals surface area (Å²) in [6.45, 7) is 0.622. The van der Waals surface area contributed by atoms with Gasteiger partial charge in [0.15, 0.2) is 0 Å². The third-order valence-electron chi connectivity index (χ3n) is 6.29. The van der Waals surface area contributed by atoms with Gasteiger partial charge in [0, 0.05) is 44.1 Å². The van der Waals surface area contributed by atoms with E-state index in [9.17, 15) is 4.79 Å². The lowest BCUT2D eigenvalue weighted by Gasteiger charge is -2.36. The van der Waals surface area contributed by atoms with Crippen LogP contribution in [0.25, 0.3) is 21.8 Å². The second-order valence-corrected chi connectivity index (χ2v) is 9.05. The molecule has 0 saturated heterocycles. The quantitative estimate of drug-likeness (QED) is 0.301. The highest BCUT2D eigenvalue weighted by Gasteiger charge is 2.35. The Morgan fingerprint density at radius 3 is 2.50 bits per heavy atom. The van der Waals surface area contributed by atoms with Crippen LogP contribution in [0.5, 0.6) is 0 Å². The van der Waals surface area contributed by atoms with Crippen LogP contribution in [0.1, 0.15) is 33.4 Å². The fraction of sp³-hybridized carbons (Fsp3) is 0.115. The zero-order chi connectivity index (χ0) is 21.8. The van der Waals surface area contributed by atoms with Gasteiger partial charge >= 0.3 is 0 Å². The standard InChI is InChI=1S/C26H19Cl2N3O/c27-17-7-5-15(6-8-17)25-24-20(19-3-1-2-4-22(19)30-24)11-12-31(25)26(32)23-14-16-13-18(28)9-10-21(16)29-23/h1-10,13-14,25,29-30H,11-12H2. The van der Waals surface area contributed by atoms with Crippen molar-refractivity contribution < 1.29 is 4.79 Å². The minimum absolute atomic E-state index is 0.0402. The second kappa shape index (κ2) is 7.44. The van der Waals surface area contributed by atoms with E-state index >= 15 is 0 Å². The maximum Gasteiger partial charge on any atom is 0.271 e. The number of nitrogens with zero attached hydrogens (tertiary/aromatic N) is 1. The average Bonchev–Trinajstić information content (AvgIpc) is 3.39. The van der Waals surface area contributed by atoms with Crippen LogP contribution in [0.4, 0.5) is 0 Å². The summed E-state index contributed by atoms with van der Waals surface area (Å²) < 4.78 is 0. The molecule has 0 bridgehead atoms. The highest BCUT2D eigenvalue weighted by atomic mass is 35.5. The van der Waals surface area contributed by atoms with E-state index in [1.807, 2.05) is 59.5 Å². The van der Waals surface area contributed by atoms with Gasteiger partial charge in [-0.1, -0.05) is 53.5 Å². The van der Waals surface area contributed by atoms with Gasteiger partial charge in [-0.15, -0.1) is 0 Å². The zero-order valence-corrected chi connectivity index (χ0v) is 18.5. The molecule has 1 atom stereocenters. The Morgan fingerprint density at radius 2 is 1.66 bits per heavy atom. The predicted octanol–water partition coefficient (Wildman–Crippen LogP) is 6.74. The molecule has 1 amide bonds. The van der Waals surface area contributed by atoms with Crippen molar-refractivity contribution in [3.8, 4) is 0 Å². The zero-order valence-electron chi connectivity index (χ0n) is 17.0. The van der Waals surface area contributed by atoms with Crippen molar-refractivity contribution in [1.82, 2.24) is 14.9 Å². The Morgan fingerprint density at radius 1 is 0.875 bits per heavy atom. The van der Waals surface area contributed by atoms with E-state index in [4.69, 9.17) is 23.2 Å². The second-order valence-electron chi connectivity index (χ2n) is 8.18. The van der Waals surface area contributed by atoms with Crippen LogP contribution in [-0.2, 0) is 6.42 Å². The molecule has 1 unspecified atom stereocenters. The van der Waals surface area contributed by atoms with Gasteiger partial charge in [-0.05, 0) is 60.0 Å². The van der Waals surface area contributed by atoms with Crippen molar-refractivity contribution in [2.45, 2.75) is 12.5 Å². The van der Waals surface area contributed by atoms with Crippen LogP contribution in [0.2, 0.25) is 10.0 Å². The first-order valence-corrected chi connectivity index (χ1v) is 11.3. The van der Waals surface area contributed by atoms with E-state index in [2.05, 4.69) is 28.2 Å². The summed E-state index contributed by atoms with van der Waals surface area (Å²) in [4.78, 5) is 22.6. The molecule has 3 heterocycles. The van der Waals surface area contributed by atoms with E-state index in [1.54, 1.807) is 0 Å². The summed E-state index contributed by atoms with van der Waals surface area (Å²) >= 11 is 12.3. The highest BCUT2D eigenvalue weighted by Crippen LogP contribution is 2.39. The van der Waals surface area contributed by atoms with E-state index in [1.165, 1.54) is 10.9 Å². The number of nitrogens with one attached hydrogen (secondary N) is 2. The smallest absolute Gasteiger partial charge is 0.271 e. The van der Waals surface area contributed by atoms with Crippen LogP contribution >= 0.6 is 23.2 Å². The van der Waals surface area contributed by atoms with Crippen molar-refractivity contribution >= 4 is 50.9 Å². The molecule has 0 radical (unpaired) electrons. The highest BCUT2D eigenvalue weighted by molar-refractivity contribution is 6.31. The number of amides is 1. The Kier molecular flexibility index (Phi) is 4.53. The fourth-order valence-electron chi connectivity index (χ4n) is 4.82. The molecule has 1 aliphatic heterocycles. The summed E-state index contributed by atoms with van der Waals surface area (Å²) in [6.07, 6.45) is 0.793. The average molecular weight is 460 g/mol. The van der Waals surface area contributed by atoms with E-state index in [-0.39, 0.29) is 11.9 Å². The Labute approximate surface area is 194 Å². The number of halogens is 2. The number of carbonyl (C=O) groups is 1. The van der Waals surface area contributed by atoms with Gasteiger partial charge in [0.2, 0.25) is 0 Å². The maximum absolute atomic E-state index is 13.8. The van der Waals surface area contributed by atoms with Gasteiger partial charge in [0.1, 0.15) is 5.69 Å². The molecule has 2 N–H and O–H groups in total. The summed E-state index contributed by atoms with van der Waals surface area (Å²) in [6, 6.07) is 23.3. The van der Waals surface area contributed by atoms with E-state index in [0.29, 0.717) is 22.3 Å².